The Hall–Kier alpha value is -0.610. The van der Waals surface area contributed by atoms with E-state index in [2.05, 4.69) is 13.8 Å². The van der Waals surface area contributed by atoms with Gasteiger partial charge in [-0.2, -0.15) is 0 Å². The third-order valence-electron chi connectivity index (χ3n) is 3.87. The van der Waals surface area contributed by atoms with Crippen LogP contribution in [0.25, 0.3) is 0 Å². The molecule has 0 spiro atoms. The van der Waals surface area contributed by atoms with Gasteiger partial charge in [-0.15, -0.1) is 0 Å². The van der Waals surface area contributed by atoms with Crippen LogP contribution in [0.2, 0.25) is 0 Å². The van der Waals surface area contributed by atoms with Crippen LogP contribution in [0.1, 0.15) is 84.5 Å². The lowest BCUT2D eigenvalue weighted by Crippen LogP contribution is -2.26. The molecule has 22 heavy (non-hydrogen) atoms. The number of esters is 1. The van der Waals surface area contributed by atoms with E-state index in [1.807, 2.05) is 0 Å². The second-order valence-corrected chi connectivity index (χ2v) is 6.58. The predicted octanol–water partition coefficient (Wildman–Crippen LogP) is 3.83. The first-order valence-corrected chi connectivity index (χ1v) is 9.03. The molecular formula is C18H36O4. The highest BCUT2D eigenvalue weighted by Crippen LogP contribution is 2.13. The predicted molar refractivity (Wildman–Crippen MR) is 89.7 cm³/mol. The van der Waals surface area contributed by atoms with E-state index in [-0.39, 0.29) is 0 Å². The number of ether oxygens (including phenoxy) is 1. The van der Waals surface area contributed by atoms with Crippen LogP contribution in [-0.4, -0.2) is 35.5 Å². The molecule has 4 nitrogen and oxygen atoms in total. The Morgan fingerprint density at radius 2 is 1.32 bits per heavy atom. The molecule has 132 valence electrons. The van der Waals surface area contributed by atoms with E-state index in [9.17, 15) is 4.79 Å². The van der Waals surface area contributed by atoms with Gasteiger partial charge in [-0.3, -0.25) is 0 Å². The fourth-order valence-electron chi connectivity index (χ4n) is 2.41. The third kappa shape index (κ3) is 14.3. The second-order valence-electron chi connectivity index (χ2n) is 6.58. The molecule has 0 aliphatic carbocycles. The summed E-state index contributed by atoms with van der Waals surface area (Å²) in [6.45, 7) is 4.34. The topological polar surface area (TPSA) is 66.8 Å². The van der Waals surface area contributed by atoms with Crippen molar-refractivity contribution in [3.8, 4) is 0 Å². The normalized spacial score (nSPS) is 12.6. The number of unbranched alkanes of at least 4 members (excludes halogenated alkanes) is 9. The van der Waals surface area contributed by atoms with Gasteiger partial charge in [-0.05, 0) is 12.3 Å². The number of hydrogen-bond donors (Lipinski definition) is 2. The number of rotatable bonds is 15. The largest absolute Gasteiger partial charge is 0.464 e. The molecule has 4 heteroatoms. The summed E-state index contributed by atoms with van der Waals surface area (Å²) < 4.78 is 4.85. The van der Waals surface area contributed by atoms with Gasteiger partial charge in [-0.25, -0.2) is 4.79 Å². The molecule has 0 aliphatic rings. The lowest BCUT2D eigenvalue weighted by Gasteiger charge is -2.08. The zero-order valence-electron chi connectivity index (χ0n) is 14.6. The number of aliphatic hydroxyl groups excluding tert-OH is 2. The van der Waals surface area contributed by atoms with E-state index in [4.69, 9.17) is 14.9 Å². The monoisotopic (exact) mass is 316 g/mol. The van der Waals surface area contributed by atoms with Gasteiger partial charge < -0.3 is 14.9 Å². The molecule has 0 amide bonds. The number of carbonyl (C=O) groups is 1. The minimum atomic E-state index is -1.39. The molecule has 0 heterocycles. The molecule has 1 unspecified atom stereocenters. The van der Waals surface area contributed by atoms with Crippen LogP contribution in [0.15, 0.2) is 0 Å². The first-order valence-electron chi connectivity index (χ1n) is 9.03. The summed E-state index contributed by atoms with van der Waals surface area (Å²) in [5.41, 5.74) is 0. The van der Waals surface area contributed by atoms with Crippen molar-refractivity contribution in [3.05, 3.63) is 0 Å². The maximum atomic E-state index is 11.1. The summed E-state index contributed by atoms with van der Waals surface area (Å²) >= 11 is 0. The first kappa shape index (κ1) is 21.4. The molecule has 0 saturated carbocycles. The van der Waals surface area contributed by atoms with Crippen molar-refractivity contribution in [2.45, 2.75) is 90.6 Å². The van der Waals surface area contributed by atoms with Gasteiger partial charge in [0.1, 0.15) is 0 Å². The summed E-state index contributed by atoms with van der Waals surface area (Å²) in [6.07, 6.45) is 12.4. The molecule has 1 atom stereocenters. The van der Waals surface area contributed by atoms with Crippen molar-refractivity contribution >= 4 is 5.97 Å². The second kappa shape index (κ2) is 15.3. The van der Waals surface area contributed by atoms with Crippen LogP contribution in [0.3, 0.4) is 0 Å². The van der Waals surface area contributed by atoms with Crippen molar-refractivity contribution in [2.24, 2.45) is 5.92 Å². The maximum Gasteiger partial charge on any atom is 0.337 e. The minimum absolute atomic E-state index is 0.339. The van der Waals surface area contributed by atoms with Gasteiger partial charge in [0.15, 0.2) is 6.10 Å². The number of aliphatic hydroxyl groups is 2. The molecule has 0 aliphatic heterocycles. The first-order chi connectivity index (χ1) is 10.6. The average molecular weight is 316 g/mol. The van der Waals surface area contributed by atoms with Gasteiger partial charge in [0.05, 0.1) is 13.2 Å². The van der Waals surface area contributed by atoms with Crippen LogP contribution >= 0.6 is 0 Å². The van der Waals surface area contributed by atoms with E-state index in [0.717, 1.165) is 18.8 Å². The Labute approximate surface area is 136 Å². The summed E-state index contributed by atoms with van der Waals surface area (Å²) in [5, 5.41) is 17.6. The lowest BCUT2D eigenvalue weighted by atomic mass is 10.0. The molecule has 0 aromatic carbocycles. The third-order valence-corrected chi connectivity index (χ3v) is 3.87. The Bertz CT molecular complexity index is 253. The van der Waals surface area contributed by atoms with E-state index in [1.165, 1.54) is 57.8 Å². The Morgan fingerprint density at radius 1 is 0.864 bits per heavy atom. The lowest BCUT2D eigenvalue weighted by molar-refractivity contribution is -0.155. The van der Waals surface area contributed by atoms with E-state index >= 15 is 0 Å². The van der Waals surface area contributed by atoms with Crippen LogP contribution in [-0.2, 0) is 9.53 Å². The summed E-state index contributed by atoms with van der Waals surface area (Å²) in [4.78, 5) is 11.1. The van der Waals surface area contributed by atoms with Gasteiger partial charge in [-0.1, -0.05) is 78.1 Å². The SMILES string of the molecule is CC(C)CCCCCCCCCCCCOC(=O)C(O)CO. The fourth-order valence-corrected chi connectivity index (χ4v) is 2.41. The van der Waals surface area contributed by atoms with Crippen molar-refractivity contribution in [2.75, 3.05) is 13.2 Å². The van der Waals surface area contributed by atoms with Crippen molar-refractivity contribution in [1.29, 1.82) is 0 Å². The van der Waals surface area contributed by atoms with Crippen LogP contribution in [0.5, 0.6) is 0 Å². The summed E-state index contributed by atoms with van der Waals surface area (Å²) in [5.74, 6) is 0.117. The van der Waals surface area contributed by atoms with Crippen LogP contribution in [0.4, 0.5) is 0 Å². The molecule has 0 saturated heterocycles. The van der Waals surface area contributed by atoms with Gasteiger partial charge in [0, 0.05) is 0 Å². The molecule has 2 N–H and O–H groups in total. The van der Waals surface area contributed by atoms with Crippen molar-refractivity contribution < 1.29 is 19.7 Å². The van der Waals surface area contributed by atoms with Gasteiger partial charge in [0.2, 0.25) is 0 Å². The number of hydrogen-bond acceptors (Lipinski definition) is 4. The zero-order chi connectivity index (χ0) is 16.6. The highest BCUT2D eigenvalue weighted by molar-refractivity contribution is 5.74. The van der Waals surface area contributed by atoms with Crippen molar-refractivity contribution in [3.63, 3.8) is 0 Å². The average Bonchev–Trinajstić information content (AvgIpc) is 2.50. The Balaban J connectivity index is 3.13. The Morgan fingerprint density at radius 3 is 1.77 bits per heavy atom. The maximum absolute atomic E-state index is 11.1. The van der Waals surface area contributed by atoms with Gasteiger partial charge in [0.25, 0.3) is 0 Å². The molecular weight excluding hydrogens is 280 g/mol. The standard InChI is InChI=1S/C18H36O4/c1-16(2)13-11-9-7-5-3-4-6-8-10-12-14-22-18(21)17(20)15-19/h16-17,19-20H,3-15H2,1-2H3. The molecule has 0 radical (unpaired) electrons. The van der Waals surface area contributed by atoms with E-state index in [1.54, 1.807) is 0 Å². The smallest absolute Gasteiger partial charge is 0.337 e. The van der Waals surface area contributed by atoms with Gasteiger partial charge >= 0.3 is 5.97 Å². The van der Waals surface area contributed by atoms with E-state index in [0.29, 0.717) is 6.61 Å². The Kier molecular flexibility index (Phi) is 14.9. The van der Waals surface area contributed by atoms with Crippen molar-refractivity contribution in [1.82, 2.24) is 0 Å². The quantitative estimate of drug-likeness (QED) is 0.356. The zero-order valence-corrected chi connectivity index (χ0v) is 14.6. The highest BCUT2D eigenvalue weighted by atomic mass is 16.5. The molecule has 0 fully saturated rings. The molecule has 0 aromatic rings. The van der Waals surface area contributed by atoms with Crippen LogP contribution in [0, 0.1) is 5.92 Å². The fraction of sp³-hybridized carbons (Fsp3) is 0.944. The summed E-state index contributed by atoms with van der Waals surface area (Å²) in [6, 6.07) is 0. The molecule has 0 bridgehead atoms. The highest BCUT2D eigenvalue weighted by Gasteiger charge is 2.14. The van der Waals surface area contributed by atoms with Crippen LogP contribution < -0.4 is 0 Å². The summed E-state index contributed by atoms with van der Waals surface area (Å²) in [7, 11) is 0. The van der Waals surface area contributed by atoms with E-state index < -0.39 is 18.7 Å². The molecule has 0 aromatic heterocycles. The minimum Gasteiger partial charge on any atom is -0.464 e. The number of carbonyl (C=O) groups excluding carboxylic acids is 1. The molecule has 0 rings (SSSR count).